The number of nitro benzene ring substituents is 1. The number of hydrogen-bond donors (Lipinski definition) is 0. The fraction of sp³-hybridized carbons (Fsp3) is 0.150. The largest absolute Gasteiger partial charge is 0.311 e. The number of para-hydroxylation sites is 1. The van der Waals surface area contributed by atoms with Gasteiger partial charge in [0, 0.05) is 29.9 Å². The van der Waals surface area contributed by atoms with Gasteiger partial charge in [-0.05, 0) is 30.2 Å². The highest BCUT2D eigenvalue weighted by Crippen LogP contribution is 2.29. The van der Waals surface area contributed by atoms with Crippen LogP contribution in [0.3, 0.4) is 0 Å². The van der Waals surface area contributed by atoms with Crippen LogP contribution in [0.4, 0.5) is 11.4 Å². The highest BCUT2D eigenvalue weighted by Gasteiger charge is 2.24. The Bertz CT molecular complexity index is 1040. The summed E-state index contributed by atoms with van der Waals surface area (Å²) >= 11 is 1.33. The van der Waals surface area contributed by atoms with Crippen LogP contribution in [0.1, 0.15) is 5.56 Å². The van der Waals surface area contributed by atoms with Gasteiger partial charge in [0.05, 0.1) is 16.4 Å². The minimum atomic E-state index is -0.441. The molecule has 1 aliphatic rings. The fourth-order valence-corrected chi connectivity index (χ4v) is 3.83. The number of hydrogen-bond acceptors (Lipinski definition) is 6. The van der Waals surface area contributed by atoms with Crippen molar-refractivity contribution in [3.05, 3.63) is 76.3 Å². The molecule has 1 amide bonds. The van der Waals surface area contributed by atoms with Crippen LogP contribution in [0, 0.1) is 10.1 Å². The first kappa shape index (κ1) is 18.1. The lowest BCUT2D eigenvalue weighted by molar-refractivity contribution is -0.384. The van der Waals surface area contributed by atoms with E-state index in [9.17, 15) is 14.9 Å². The van der Waals surface area contributed by atoms with Crippen molar-refractivity contribution < 1.29 is 9.72 Å². The van der Waals surface area contributed by atoms with E-state index in [1.165, 1.54) is 29.5 Å². The minimum absolute atomic E-state index is 0.00856. The molecule has 0 fully saturated rings. The predicted octanol–water partition coefficient (Wildman–Crippen LogP) is 3.73. The maximum Gasteiger partial charge on any atom is 0.270 e. The fourth-order valence-electron chi connectivity index (χ4n) is 3.14. The summed E-state index contributed by atoms with van der Waals surface area (Å²) in [6.45, 7) is 0.705. The Morgan fingerprint density at radius 3 is 2.75 bits per heavy atom. The van der Waals surface area contributed by atoms with Gasteiger partial charge in [-0.15, -0.1) is 10.2 Å². The van der Waals surface area contributed by atoms with Gasteiger partial charge in [-0.3, -0.25) is 14.9 Å². The lowest BCUT2D eigenvalue weighted by atomic mass is 10.1. The molecule has 0 spiro atoms. The number of amides is 1. The van der Waals surface area contributed by atoms with Crippen LogP contribution in [-0.4, -0.2) is 33.3 Å². The first-order valence-corrected chi connectivity index (χ1v) is 9.70. The molecule has 1 aliphatic heterocycles. The van der Waals surface area contributed by atoms with E-state index in [-0.39, 0.29) is 17.3 Å². The van der Waals surface area contributed by atoms with Crippen molar-refractivity contribution >= 4 is 29.0 Å². The van der Waals surface area contributed by atoms with Gasteiger partial charge in [0.2, 0.25) is 5.91 Å². The van der Waals surface area contributed by atoms with Crippen molar-refractivity contribution in [3.8, 4) is 11.3 Å². The molecule has 0 N–H and O–H groups in total. The molecule has 0 saturated carbocycles. The van der Waals surface area contributed by atoms with Gasteiger partial charge in [0.25, 0.3) is 5.69 Å². The van der Waals surface area contributed by atoms with Gasteiger partial charge in [-0.1, -0.05) is 42.1 Å². The van der Waals surface area contributed by atoms with E-state index in [1.54, 1.807) is 24.3 Å². The molecule has 0 atom stereocenters. The van der Waals surface area contributed by atoms with Crippen LogP contribution in [0.15, 0.2) is 65.7 Å². The van der Waals surface area contributed by atoms with Gasteiger partial charge in [0.1, 0.15) is 5.03 Å². The normalized spacial score (nSPS) is 12.6. The molecule has 28 heavy (non-hydrogen) atoms. The third-order valence-electron chi connectivity index (χ3n) is 4.52. The van der Waals surface area contributed by atoms with Crippen molar-refractivity contribution in [2.45, 2.75) is 11.4 Å². The Balaban J connectivity index is 1.41. The maximum absolute atomic E-state index is 12.6. The molecule has 2 aromatic carbocycles. The number of carbonyl (C=O) groups excluding carboxylic acids is 1. The van der Waals surface area contributed by atoms with Gasteiger partial charge in [-0.2, -0.15) is 0 Å². The second-order valence-electron chi connectivity index (χ2n) is 6.28. The first-order chi connectivity index (χ1) is 13.6. The number of aromatic nitrogens is 2. The second kappa shape index (κ2) is 7.77. The van der Waals surface area contributed by atoms with E-state index in [2.05, 4.69) is 10.2 Å². The molecule has 0 bridgehead atoms. The van der Waals surface area contributed by atoms with Crippen molar-refractivity contribution in [1.29, 1.82) is 0 Å². The van der Waals surface area contributed by atoms with E-state index >= 15 is 0 Å². The van der Waals surface area contributed by atoms with Crippen LogP contribution in [0.5, 0.6) is 0 Å². The summed E-state index contributed by atoms with van der Waals surface area (Å²) in [4.78, 5) is 24.8. The summed E-state index contributed by atoms with van der Waals surface area (Å²) in [6.07, 6.45) is 0.879. The van der Waals surface area contributed by atoms with Crippen molar-refractivity contribution in [1.82, 2.24) is 10.2 Å². The van der Waals surface area contributed by atoms with Gasteiger partial charge >= 0.3 is 0 Å². The topological polar surface area (TPSA) is 89.2 Å². The van der Waals surface area contributed by atoms with Crippen LogP contribution in [0.2, 0.25) is 0 Å². The molecule has 8 heteroatoms. The number of rotatable bonds is 5. The Kier molecular flexibility index (Phi) is 5.03. The molecule has 4 rings (SSSR count). The smallest absolute Gasteiger partial charge is 0.270 e. The molecule has 0 unspecified atom stereocenters. The SMILES string of the molecule is O=C(CSc1ccc(-c2cccc([N+](=O)[O-])c2)nn1)N1CCc2ccccc21. The number of nitrogens with zero attached hydrogens (tertiary/aromatic N) is 4. The summed E-state index contributed by atoms with van der Waals surface area (Å²) in [5.41, 5.74) is 3.37. The molecular weight excluding hydrogens is 376 g/mol. The molecule has 3 aromatic rings. The number of anilines is 1. The molecule has 0 aliphatic carbocycles. The van der Waals surface area contributed by atoms with Crippen molar-refractivity contribution in [3.63, 3.8) is 0 Å². The molecule has 140 valence electrons. The number of benzene rings is 2. The Labute approximate surface area is 165 Å². The molecule has 0 saturated heterocycles. The Hall–Kier alpha value is -3.26. The number of non-ortho nitro benzene ring substituents is 1. The third kappa shape index (κ3) is 3.72. The number of carbonyl (C=O) groups is 1. The lowest BCUT2D eigenvalue weighted by Crippen LogP contribution is -2.30. The minimum Gasteiger partial charge on any atom is -0.311 e. The number of thioether (sulfide) groups is 1. The van der Waals surface area contributed by atoms with Gasteiger partial charge in [0.15, 0.2) is 0 Å². The van der Waals surface area contributed by atoms with E-state index < -0.39 is 4.92 Å². The zero-order valence-corrected chi connectivity index (χ0v) is 15.6. The van der Waals surface area contributed by atoms with E-state index in [0.29, 0.717) is 22.8 Å². The number of fused-ring (bicyclic) bond motifs is 1. The van der Waals surface area contributed by atoms with Crippen LogP contribution < -0.4 is 4.90 Å². The molecule has 7 nitrogen and oxygen atoms in total. The zero-order chi connectivity index (χ0) is 19.5. The lowest BCUT2D eigenvalue weighted by Gasteiger charge is -2.16. The Morgan fingerprint density at radius 1 is 1.11 bits per heavy atom. The Morgan fingerprint density at radius 2 is 1.96 bits per heavy atom. The molecule has 2 heterocycles. The van der Waals surface area contributed by atoms with Crippen LogP contribution in [0.25, 0.3) is 11.3 Å². The number of nitro groups is 1. The van der Waals surface area contributed by atoms with Crippen molar-refractivity contribution in [2.75, 3.05) is 17.2 Å². The molecule has 0 radical (unpaired) electrons. The maximum atomic E-state index is 12.6. The van der Waals surface area contributed by atoms with E-state index in [0.717, 1.165) is 12.1 Å². The van der Waals surface area contributed by atoms with Gasteiger partial charge in [-0.25, -0.2) is 0 Å². The van der Waals surface area contributed by atoms with Crippen LogP contribution >= 0.6 is 11.8 Å². The average Bonchev–Trinajstić information content (AvgIpc) is 3.17. The summed E-state index contributed by atoms with van der Waals surface area (Å²) in [7, 11) is 0. The molecule has 1 aromatic heterocycles. The monoisotopic (exact) mass is 392 g/mol. The van der Waals surface area contributed by atoms with E-state index in [1.807, 2.05) is 29.2 Å². The zero-order valence-electron chi connectivity index (χ0n) is 14.8. The van der Waals surface area contributed by atoms with Crippen molar-refractivity contribution in [2.24, 2.45) is 0 Å². The quantitative estimate of drug-likeness (QED) is 0.373. The van der Waals surface area contributed by atoms with Gasteiger partial charge < -0.3 is 4.90 Å². The standard InChI is InChI=1S/C20H16N4O3S/c25-20(23-11-10-14-4-1-2-7-18(14)23)13-28-19-9-8-17(21-22-19)15-5-3-6-16(12-15)24(26)27/h1-9,12H,10-11,13H2. The molecular formula is C20H16N4O3S. The summed E-state index contributed by atoms with van der Waals surface area (Å²) in [5.74, 6) is 0.318. The predicted molar refractivity (Wildman–Crippen MR) is 107 cm³/mol. The van der Waals surface area contributed by atoms with Crippen LogP contribution in [-0.2, 0) is 11.2 Å². The third-order valence-corrected chi connectivity index (χ3v) is 5.43. The summed E-state index contributed by atoms with van der Waals surface area (Å²) in [6, 6.07) is 17.7. The van der Waals surface area contributed by atoms with E-state index in [4.69, 9.17) is 0 Å². The average molecular weight is 392 g/mol. The first-order valence-electron chi connectivity index (χ1n) is 8.71. The summed E-state index contributed by atoms with van der Waals surface area (Å²) < 4.78 is 0. The second-order valence-corrected chi connectivity index (χ2v) is 7.27. The highest BCUT2D eigenvalue weighted by atomic mass is 32.2. The highest BCUT2D eigenvalue weighted by molar-refractivity contribution is 7.99. The summed E-state index contributed by atoms with van der Waals surface area (Å²) in [5, 5.41) is 19.8.